The van der Waals surface area contributed by atoms with E-state index in [4.69, 9.17) is 0 Å². The van der Waals surface area contributed by atoms with Gasteiger partial charge in [-0.1, -0.05) is 29.3 Å². The number of carboxylic acid groups (broad SMARTS) is 1. The van der Waals surface area contributed by atoms with Crippen molar-refractivity contribution in [3.8, 4) is 0 Å². The molecule has 0 aliphatic carbocycles. The van der Waals surface area contributed by atoms with Crippen LogP contribution in [-0.4, -0.2) is 31.7 Å². The molecule has 2 rings (SSSR count). The number of nitro groups is 1. The van der Waals surface area contributed by atoms with Gasteiger partial charge >= 0.3 is 11.7 Å². The maximum Gasteiger partial charge on any atom is 0.330 e. The van der Waals surface area contributed by atoms with Crippen LogP contribution in [0.1, 0.15) is 33.2 Å². The van der Waals surface area contributed by atoms with Crippen LogP contribution in [0.2, 0.25) is 0 Å². The van der Waals surface area contributed by atoms with Gasteiger partial charge < -0.3 is 10.4 Å². The molecule has 0 radical (unpaired) electrons. The van der Waals surface area contributed by atoms with E-state index in [1.54, 1.807) is 26.0 Å². The maximum absolute atomic E-state index is 12.3. The van der Waals surface area contributed by atoms with Gasteiger partial charge in [-0.25, -0.2) is 4.79 Å². The minimum atomic E-state index is -1.34. The van der Waals surface area contributed by atoms with Gasteiger partial charge in [0, 0.05) is 7.05 Å². The standard InChI is InChI=1S/C15H16N4O5/c1-8-4-9(2)6-10(5-8)12(15(21)22)16-14(20)13-11(19(23)24)7-18(3)17-13/h4-7,12H,1-3H3,(H,16,20)(H,21,22). The Hall–Kier alpha value is -3.23. The van der Waals surface area contributed by atoms with Crippen LogP contribution in [0.25, 0.3) is 0 Å². The van der Waals surface area contributed by atoms with Crippen LogP contribution >= 0.6 is 0 Å². The molecular weight excluding hydrogens is 316 g/mol. The predicted molar refractivity (Wildman–Crippen MR) is 83.6 cm³/mol. The Balaban J connectivity index is 2.36. The summed E-state index contributed by atoms with van der Waals surface area (Å²) in [4.78, 5) is 34.1. The summed E-state index contributed by atoms with van der Waals surface area (Å²) in [5, 5.41) is 26.4. The van der Waals surface area contributed by atoms with Crippen LogP contribution in [0.15, 0.2) is 24.4 Å². The summed E-state index contributed by atoms with van der Waals surface area (Å²) in [5.41, 5.74) is 1.15. The van der Waals surface area contributed by atoms with Gasteiger partial charge in [-0.3, -0.25) is 19.6 Å². The van der Waals surface area contributed by atoms with Crippen molar-refractivity contribution in [1.29, 1.82) is 0 Å². The highest BCUT2D eigenvalue weighted by molar-refractivity contribution is 5.98. The molecule has 24 heavy (non-hydrogen) atoms. The van der Waals surface area contributed by atoms with Crippen LogP contribution in [0.4, 0.5) is 5.69 Å². The molecule has 2 N–H and O–H groups in total. The summed E-state index contributed by atoms with van der Waals surface area (Å²) in [7, 11) is 1.43. The summed E-state index contributed by atoms with van der Waals surface area (Å²) >= 11 is 0. The number of aromatic nitrogens is 2. The maximum atomic E-state index is 12.3. The molecule has 9 nitrogen and oxygen atoms in total. The fraction of sp³-hybridized carbons (Fsp3) is 0.267. The van der Waals surface area contributed by atoms with Crippen molar-refractivity contribution < 1.29 is 19.6 Å². The Morgan fingerprint density at radius 2 is 1.88 bits per heavy atom. The first-order valence-electron chi connectivity index (χ1n) is 6.99. The number of carbonyl (C=O) groups excluding carboxylic acids is 1. The van der Waals surface area contributed by atoms with Crippen molar-refractivity contribution in [2.75, 3.05) is 0 Å². The number of aliphatic carboxylic acids is 1. The SMILES string of the molecule is Cc1cc(C)cc(C(NC(=O)c2nn(C)cc2[N+](=O)[O-])C(=O)O)c1. The highest BCUT2D eigenvalue weighted by atomic mass is 16.6. The molecule has 1 aromatic heterocycles. The van der Waals surface area contributed by atoms with E-state index in [-0.39, 0.29) is 0 Å². The van der Waals surface area contributed by atoms with Crippen LogP contribution in [0.3, 0.4) is 0 Å². The molecule has 1 heterocycles. The first-order valence-corrected chi connectivity index (χ1v) is 6.99. The Labute approximate surface area is 137 Å². The molecule has 0 spiro atoms. The highest BCUT2D eigenvalue weighted by Crippen LogP contribution is 2.20. The largest absolute Gasteiger partial charge is 0.479 e. The minimum Gasteiger partial charge on any atom is -0.479 e. The lowest BCUT2D eigenvalue weighted by Gasteiger charge is -2.15. The van der Waals surface area contributed by atoms with Crippen molar-refractivity contribution in [3.05, 3.63) is 56.9 Å². The van der Waals surface area contributed by atoms with Gasteiger partial charge in [-0.2, -0.15) is 5.10 Å². The number of nitrogens with one attached hydrogen (secondary N) is 1. The average molecular weight is 332 g/mol. The van der Waals surface area contributed by atoms with E-state index in [1.165, 1.54) is 7.05 Å². The second kappa shape index (κ2) is 6.49. The summed E-state index contributed by atoms with van der Waals surface area (Å²) < 4.78 is 1.12. The molecule has 1 atom stereocenters. The second-order valence-electron chi connectivity index (χ2n) is 5.46. The normalized spacial score (nSPS) is 11.8. The quantitative estimate of drug-likeness (QED) is 0.631. The number of nitrogens with zero attached hydrogens (tertiary/aromatic N) is 3. The third-order valence-corrected chi connectivity index (χ3v) is 3.32. The number of hydrogen-bond acceptors (Lipinski definition) is 5. The zero-order valence-corrected chi connectivity index (χ0v) is 13.3. The highest BCUT2D eigenvalue weighted by Gasteiger charge is 2.29. The summed E-state index contributed by atoms with van der Waals surface area (Å²) in [6, 6.07) is 3.81. The van der Waals surface area contributed by atoms with E-state index in [9.17, 15) is 24.8 Å². The topological polar surface area (TPSA) is 127 Å². The van der Waals surface area contributed by atoms with Gasteiger partial charge in [0.1, 0.15) is 6.20 Å². The van der Waals surface area contributed by atoms with Crippen molar-refractivity contribution >= 4 is 17.6 Å². The summed E-state index contributed by atoms with van der Waals surface area (Å²) in [5.74, 6) is -2.19. The first-order chi connectivity index (χ1) is 11.2. The molecule has 0 fully saturated rings. The van der Waals surface area contributed by atoms with Gasteiger partial charge in [0.25, 0.3) is 5.91 Å². The number of benzene rings is 1. The summed E-state index contributed by atoms with van der Waals surface area (Å²) in [6.45, 7) is 3.61. The van der Waals surface area contributed by atoms with Gasteiger partial charge in [0.2, 0.25) is 5.69 Å². The fourth-order valence-corrected chi connectivity index (χ4v) is 2.43. The predicted octanol–water partition coefficient (Wildman–Crippen LogP) is 1.50. The van der Waals surface area contributed by atoms with Crippen LogP contribution in [-0.2, 0) is 11.8 Å². The Morgan fingerprint density at radius 1 is 1.29 bits per heavy atom. The molecule has 1 unspecified atom stereocenters. The first kappa shape index (κ1) is 17.1. The van der Waals surface area contributed by atoms with Crippen molar-refractivity contribution in [1.82, 2.24) is 15.1 Å². The average Bonchev–Trinajstić information content (AvgIpc) is 2.85. The lowest BCUT2D eigenvalue weighted by atomic mass is 10.0. The molecule has 0 bridgehead atoms. The van der Waals surface area contributed by atoms with Gasteiger partial charge in [-0.05, 0) is 19.4 Å². The van der Waals surface area contributed by atoms with Crippen molar-refractivity contribution in [2.24, 2.45) is 7.05 Å². The third kappa shape index (κ3) is 3.57. The molecule has 0 saturated heterocycles. The Bertz CT molecular complexity index is 807. The molecular formula is C15H16N4O5. The number of carbonyl (C=O) groups is 2. The minimum absolute atomic E-state index is 0.381. The molecule has 0 aliphatic rings. The lowest BCUT2D eigenvalue weighted by Crippen LogP contribution is -2.34. The van der Waals surface area contributed by atoms with Crippen molar-refractivity contribution in [2.45, 2.75) is 19.9 Å². The number of hydrogen-bond donors (Lipinski definition) is 2. The van der Waals surface area contributed by atoms with E-state index < -0.39 is 34.2 Å². The number of aryl methyl sites for hydroxylation is 3. The van der Waals surface area contributed by atoms with Crippen LogP contribution in [0, 0.1) is 24.0 Å². The number of rotatable bonds is 5. The van der Waals surface area contributed by atoms with E-state index in [0.717, 1.165) is 22.0 Å². The lowest BCUT2D eigenvalue weighted by molar-refractivity contribution is -0.385. The van der Waals surface area contributed by atoms with Crippen LogP contribution < -0.4 is 5.32 Å². The third-order valence-electron chi connectivity index (χ3n) is 3.32. The van der Waals surface area contributed by atoms with Gasteiger partial charge in [0.05, 0.1) is 4.92 Å². The van der Waals surface area contributed by atoms with E-state index in [0.29, 0.717) is 5.56 Å². The Kier molecular flexibility index (Phi) is 4.63. The number of amides is 1. The fourth-order valence-electron chi connectivity index (χ4n) is 2.43. The Morgan fingerprint density at radius 3 is 2.38 bits per heavy atom. The van der Waals surface area contributed by atoms with Gasteiger partial charge in [0.15, 0.2) is 6.04 Å². The molecule has 1 aromatic carbocycles. The number of carboxylic acids is 1. The smallest absolute Gasteiger partial charge is 0.330 e. The zero-order chi connectivity index (χ0) is 18.0. The van der Waals surface area contributed by atoms with Crippen molar-refractivity contribution in [3.63, 3.8) is 0 Å². The molecule has 126 valence electrons. The molecule has 1 amide bonds. The summed E-state index contributed by atoms with van der Waals surface area (Å²) in [6.07, 6.45) is 1.08. The molecule has 0 saturated carbocycles. The zero-order valence-electron chi connectivity index (χ0n) is 13.3. The second-order valence-corrected chi connectivity index (χ2v) is 5.46. The van der Waals surface area contributed by atoms with Crippen LogP contribution in [0.5, 0.6) is 0 Å². The molecule has 2 aromatic rings. The monoisotopic (exact) mass is 332 g/mol. The van der Waals surface area contributed by atoms with E-state index in [1.807, 2.05) is 6.07 Å². The van der Waals surface area contributed by atoms with Gasteiger partial charge in [-0.15, -0.1) is 0 Å². The molecule has 9 heteroatoms. The molecule has 0 aliphatic heterocycles. The van der Waals surface area contributed by atoms with E-state index in [2.05, 4.69) is 10.4 Å². The van der Waals surface area contributed by atoms with E-state index >= 15 is 0 Å².